The molecule has 0 amide bonds. The second kappa shape index (κ2) is 5.61. The van der Waals surface area contributed by atoms with E-state index in [1.54, 1.807) is 11.8 Å². The lowest BCUT2D eigenvalue weighted by Crippen LogP contribution is -1.94. The van der Waals surface area contributed by atoms with E-state index < -0.39 is 0 Å². The third kappa shape index (κ3) is 2.78. The summed E-state index contributed by atoms with van der Waals surface area (Å²) in [7, 11) is 1.64. The van der Waals surface area contributed by atoms with Crippen molar-refractivity contribution in [2.75, 3.05) is 12.8 Å². The van der Waals surface area contributed by atoms with Crippen LogP contribution in [0.1, 0.15) is 0 Å². The Kier molecular flexibility index (Phi) is 3.66. The number of hydrogen-bond acceptors (Lipinski definition) is 3. The molecular weight excluding hydrogens is 330 g/mol. The molecule has 0 radical (unpaired) electrons. The fourth-order valence-corrected chi connectivity index (χ4v) is 2.52. The molecule has 0 aliphatic rings. The molecule has 4 nitrogen and oxygen atoms in total. The maximum absolute atomic E-state index is 6.10. The second-order valence-corrected chi connectivity index (χ2v) is 5.51. The van der Waals surface area contributed by atoms with Gasteiger partial charge in [-0.2, -0.15) is 5.10 Å². The lowest BCUT2D eigenvalue weighted by atomic mass is 10.1. The van der Waals surface area contributed by atoms with Crippen molar-refractivity contribution < 1.29 is 4.74 Å². The van der Waals surface area contributed by atoms with Gasteiger partial charge in [0.15, 0.2) is 0 Å². The van der Waals surface area contributed by atoms with Crippen molar-refractivity contribution >= 4 is 21.6 Å². The lowest BCUT2D eigenvalue weighted by Gasteiger charge is -2.03. The number of nitrogen functional groups attached to an aromatic ring is 1. The Hall–Kier alpha value is -2.27. The number of rotatable bonds is 3. The Morgan fingerprint density at radius 3 is 2.71 bits per heavy atom. The number of halogens is 1. The Balaban J connectivity index is 2.05. The molecule has 0 spiro atoms. The van der Waals surface area contributed by atoms with Gasteiger partial charge in [0.05, 0.1) is 24.7 Å². The van der Waals surface area contributed by atoms with Crippen molar-refractivity contribution in [3.05, 3.63) is 59.2 Å². The Morgan fingerprint density at radius 2 is 1.95 bits per heavy atom. The smallest absolute Gasteiger partial charge is 0.119 e. The van der Waals surface area contributed by atoms with Gasteiger partial charge in [0, 0.05) is 10.0 Å². The fourth-order valence-electron chi connectivity index (χ4n) is 2.13. The number of aromatic nitrogens is 2. The molecule has 3 rings (SSSR count). The summed E-state index contributed by atoms with van der Waals surface area (Å²) in [6, 6.07) is 15.6. The number of nitrogens with two attached hydrogens (primary N) is 1. The first-order valence-electron chi connectivity index (χ1n) is 6.43. The van der Waals surface area contributed by atoms with Crippen LogP contribution in [0.2, 0.25) is 0 Å². The normalized spacial score (nSPS) is 10.6. The average molecular weight is 344 g/mol. The molecule has 0 unspecified atom stereocenters. The van der Waals surface area contributed by atoms with Gasteiger partial charge < -0.3 is 10.5 Å². The highest BCUT2D eigenvalue weighted by atomic mass is 79.9. The first kappa shape index (κ1) is 13.7. The van der Waals surface area contributed by atoms with Gasteiger partial charge in [-0.05, 0) is 30.3 Å². The van der Waals surface area contributed by atoms with Crippen molar-refractivity contribution in [3.8, 4) is 22.7 Å². The Bertz CT molecular complexity index is 783. The van der Waals surface area contributed by atoms with Crippen LogP contribution in [0.15, 0.2) is 59.2 Å². The maximum atomic E-state index is 6.10. The molecule has 1 aromatic heterocycles. The predicted molar refractivity (Wildman–Crippen MR) is 87.7 cm³/mol. The highest BCUT2D eigenvalue weighted by Gasteiger charge is 2.10. The summed E-state index contributed by atoms with van der Waals surface area (Å²) < 4.78 is 8.01. The minimum absolute atomic E-state index is 0.628. The topological polar surface area (TPSA) is 53.1 Å². The lowest BCUT2D eigenvalue weighted by molar-refractivity contribution is 0.415. The van der Waals surface area contributed by atoms with Crippen LogP contribution < -0.4 is 10.5 Å². The van der Waals surface area contributed by atoms with E-state index in [9.17, 15) is 0 Å². The summed E-state index contributed by atoms with van der Waals surface area (Å²) in [6.45, 7) is 0. The average Bonchev–Trinajstić information content (AvgIpc) is 2.89. The SMILES string of the molecule is COc1cccc(-c2nn(-c3cccc(Br)c3)cc2N)c1. The molecule has 21 heavy (non-hydrogen) atoms. The summed E-state index contributed by atoms with van der Waals surface area (Å²) in [4.78, 5) is 0. The van der Waals surface area contributed by atoms with E-state index in [0.717, 1.165) is 27.2 Å². The molecule has 0 bridgehead atoms. The molecule has 0 saturated carbocycles. The van der Waals surface area contributed by atoms with Gasteiger partial charge in [-0.15, -0.1) is 0 Å². The summed E-state index contributed by atoms with van der Waals surface area (Å²) in [5.41, 5.74) is 9.36. The van der Waals surface area contributed by atoms with E-state index in [4.69, 9.17) is 10.5 Å². The van der Waals surface area contributed by atoms with Crippen molar-refractivity contribution in [1.29, 1.82) is 0 Å². The van der Waals surface area contributed by atoms with Gasteiger partial charge in [0.25, 0.3) is 0 Å². The third-order valence-corrected chi connectivity index (χ3v) is 3.65. The molecule has 0 fully saturated rings. The van der Waals surface area contributed by atoms with Gasteiger partial charge in [0.2, 0.25) is 0 Å². The van der Waals surface area contributed by atoms with Crippen molar-refractivity contribution in [2.24, 2.45) is 0 Å². The standard InChI is InChI=1S/C16H14BrN3O/c1-21-14-7-2-4-11(8-14)16-15(18)10-20(19-16)13-6-3-5-12(17)9-13/h2-10H,18H2,1H3. The molecule has 106 valence electrons. The molecular formula is C16H14BrN3O. The molecule has 0 aliphatic carbocycles. The summed E-state index contributed by atoms with van der Waals surface area (Å²) in [5, 5.41) is 4.58. The van der Waals surface area contributed by atoms with E-state index in [-0.39, 0.29) is 0 Å². The summed E-state index contributed by atoms with van der Waals surface area (Å²) in [5.74, 6) is 0.781. The largest absolute Gasteiger partial charge is 0.497 e. The van der Waals surface area contributed by atoms with E-state index in [1.807, 2.05) is 54.7 Å². The third-order valence-electron chi connectivity index (χ3n) is 3.16. The van der Waals surface area contributed by atoms with Gasteiger partial charge >= 0.3 is 0 Å². The van der Waals surface area contributed by atoms with Gasteiger partial charge in [-0.25, -0.2) is 4.68 Å². The van der Waals surface area contributed by atoms with Crippen LogP contribution in [0.5, 0.6) is 5.75 Å². The number of methoxy groups -OCH3 is 1. The molecule has 0 aliphatic heterocycles. The summed E-state index contributed by atoms with van der Waals surface area (Å²) in [6.07, 6.45) is 1.82. The van der Waals surface area contributed by atoms with Crippen LogP contribution in [-0.4, -0.2) is 16.9 Å². The van der Waals surface area contributed by atoms with Crippen LogP contribution >= 0.6 is 15.9 Å². The fraction of sp³-hybridized carbons (Fsp3) is 0.0625. The van der Waals surface area contributed by atoms with E-state index in [0.29, 0.717) is 5.69 Å². The van der Waals surface area contributed by atoms with Crippen LogP contribution in [0.4, 0.5) is 5.69 Å². The zero-order valence-corrected chi connectivity index (χ0v) is 13.0. The van der Waals surface area contributed by atoms with E-state index in [1.165, 1.54) is 0 Å². The number of nitrogens with zero attached hydrogens (tertiary/aromatic N) is 2. The highest BCUT2D eigenvalue weighted by Crippen LogP contribution is 2.28. The maximum Gasteiger partial charge on any atom is 0.119 e. The minimum Gasteiger partial charge on any atom is -0.497 e. The molecule has 0 atom stereocenters. The van der Waals surface area contributed by atoms with Crippen LogP contribution in [0, 0.1) is 0 Å². The van der Waals surface area contributed by atoms with Crippen molar-refractivity contribution in [1.82, 2.24) is 9.78 Å². The molecule has 1 heterocycles. The molecule has 5 heteroatoms. The highest BCUT2D eigenvalue weighted by molar-refractivity contribution is 9.10. The Morgan fingerprint density at radius 1 is 1.14 bits per heavy atom. The monoisotopic (exact) mass is 343 g/mol. The van der Waals surface area contributed by atoms with Gasteiger partial charge in [0.1, 0.15) is 11.4 Å². The van der Waals surface area contributed by atoms with Crippen LogP contribution in [0.25, 0.3) is 16.9 Å². The number of benzene rings is 2. The zero-order valence-electron chi connectivity index (χ0n) is 11.5. The number of hydrogen-bond donors (Lipinski definition) is 1. The van der Waals surface area contributed by atoms with Gasteiger partial charge in [-0.1, -0.05) is 34.1 Å². The molecule has 0 saturated heterocycles. The zero-order chi connectivity index (χ0) is 14.8. The van der Waals surface area contributed by atoms with Crippen molar-refractivity contribution in [2.45, 2.75) is 0 Å². The number of ether oxygens (including phenoxy) is 1. The number of anilines is 1. The van der Waals surface area contributed by atoms with Crippen LogP contribution in [-0.2, 0) is 0 Å². The van der Waals surface area contributed by atoms with Crippen molar-refractivity contribution in [3.63, 3.8) is 0 Å². The van der Waals surface area contributed by atoms with E-state index in [2.05, 4.69) is 21.0 Å². The second-order valence-electron chi connectivity index (χ2n) is 4.59. The summed E-state index contributed by atoms with van der Waals surface area (Å²) >= 11 is 3.46. The van der Waals surface area contributed by atoms with E-state index >= 15 is 0 Å². The Labute approximate surface area is 131 Å². The quantitative estimate of drug-likeness (QED) is 0.784. The predicted octanol–water partition coefficient (Wildman–Crippen LogP) is 3.89. The molecule has 2 aromatic carbocycles. The molecule has 2 N–H and O–H groups in total. The molecule has 3 aromatic rings. The van der Waals surface area contributed by atoms with Gasteiger partial charge in [-0.3, -0.25) is 0 Å². The first-order chi connectivity index (χ1) is 10.2. The minimum atomic E-state index is 0.628. The van der Waals surface area contributed by atoms with Crippen LogP contribution in [0.3, 0.4) is 0 Å². The first-order valence-corrected chi connectivity index (χ1v) is 7.22.